The number of methoxy groups -OCH3 is 1. The molecule has 186 valence electrons. The summed E-state index contributed by atoms with van der Waals surface area (Å²) < 4.78 is 26.4. The van der Waals surface area contributed by atoms with Gasteiger partial charge < -0.3 is 33.5 Å². The number of ether oxygens (including phenoxy) is 3. The van der Waals surface area contributed by atoms with Crippen molar-refractivity contribution in [3.8, 4) is 0 Å². The number of aromatic nitrogens is 2. The van der Waals surface area contributed by atoms with Crippen molar-refractivity contribution in [2.45, 2.75) is 58.0 Å². The summed E-state index contributed by atoms with van der Waals surface area (Å²) in [5.74, 6) is -1.45. The van der Waals surface area contributed by atoms with Crippen LogP contribution in [0.4, 0.5) is 4.79 Å². The number of nitrogens with zero attached hydrogens (tertiary/aromatic N) is 3. The molecular formula is C21H28N4O9. The van der Waals surface area contributed by atoms with Gasteiger partial charge in [0.2, 0.25) is 11.8 Å². The van der Waals surface area contributed by atoms with Gasteiger partial charge in [0.05, 0.1) is 20.3 Å². The van der Waals surface area contributed by atoms with Crippen molar-refractivity contribution >= 4 is 18.0 Å². The van der Waals surface area contributed by atoms with E-state index in [1.165, 1.54) is 12.0 Å². The first kappa shape index (κ1) is 25.2. The summed E-state index contributed by atoms with van der Waals surface area (Å²) in [5, 5.41) is 12.2. The Morgan fingerprint density at radius 1 is 1.24 bits per heavy atom. The highest BCUT2D eigenvalue weighted by Gasteiger charge is 2.48. The standard InChI is InChI=1S/C21H28N4O9/c1-20(2,3)34-19(29)25-14(10-33-21(25,4)5)17-23-12(8-32-17)15(27)22-11(7-26)16-24-13(9-31-16)18(28)30-6/h8-9,11,14,26H,7,10H2,1-6H3,(H,22,27)/t11-,14-/m0/s1. The van der Waals surface area contributed by atoms with E-state index >= 15 is 0 Å². The number of hydrogen-bond donors (Lipinski definition) is 2. The van der Waals surface area contributed by atoms with E-state index in [-0.39, 0.29) is 29.8 Å². The van der Waals surface area contributed by atoms with Crippen molar-refractivity contribution in [2.24, 2.45) is 0 Å². The maximum absolute atomic E-state index is 12.8. The second-order valence-corrected chi connectivity index (χ2v) is 8.97. The molecule has 3 heterocycles. The quantitative estimate of drug-likeness (QED) is 0.580. The van der Waals surface area contributed by atoms with Crippen LogP contribution in [0.2, 0.25) is 0 Å². The summed E-state index contributed by atoms with van der Waals surface area (Å²) >= 11 is 0. The molecule has 2 atom stereocenters. The minimum atomic E-state index is -1.06. The number of rotatable bonds is 6. The van der Waals surface area contributed by atoms with E-state index in [1.54, 1.807) is 34.6 Å². The zero-order valence-corrected chi connectivity index (χ0v) is 19.8. The van der Waals surface area contributed by atoms with Gasteiger partial charge in [0, 0.05) is 0 Å². The van der Waals surface area contributed by atoms with Gasteiger partial charge in [0.1, 0.15) is 35.9 Å². The number of esters is 1. The largest absolute Gasteiger partial charge is 0.464 e. The molecule has 13 heteroatoms. The highest BCUT2D eigenvalue weighted by Crippen LogP contribution is 2.37. The summed E-state index contributed by atoms with van der Waals surface area (Å²) in [5.41, 5.74) is -1.94. The number of amides is 2. The second kappa shape index (κ2) is 9.43. The van der Waals surface area contributed by atoms with E-state index in [0.717, 1.165) is 12.5 Å². The highest BCUT2D eigenvalue weighted by molar-refractivity contribution is 5.92. The number of aliphatic hydroxyl groups is 1. The molecule has 0 bridgehead atoms. The van der Waals surface area contributed by atoms with Crippen LogP contribution in [0.3, 0.4) is 0 Å². The van der Waals surface area contributed by atoms with Crippen LogP contribution in [-0.2, 0) is 14.2 Å². The van der Waals surface area contributed by atoms with Crippen LogP contribution in [-0.4, -0.2) is 69.6 Å². The number of hydrogen-bond acceptors (Lipinski definition) is 11. The first-order valence-electron chi connectivity index (χ1n) is 10.4. The van der Waals surface area contributed by atoms with Gasteiger partial charge in [-0.1, -0.05) is 0 Å². The molecule has 0 radical (unpaired) electrons. The summed E-state index contributed by atoms with van der Waals surface area (Å²) in [6.45, 7) is 8.18. The van der Waals surface area contributed by atoms with Crippen molar-refractivity contribution in [3.63, 3.8) is 0 Å². The number of aliphatic hydroxyl groups excluding tert-OH is 1. The maximum atomic E-state index is 12.8. The lowest BCUT2D eigenvalue weighted by atomic mass is 10.2. The average Bonchev–Trinajstić information content (AvgIpc) is 3.48. The molecule has 0 aliphatic carbocycles. The van der Waals surface area contributed by atoms with Crippen molar-refractivity contribution in [1.29, 1.82) is 0 Å². The molecule has 0 aromatic carbocycles. The maximum Gasteiger partial charge on any atom is 0.413 e. The smallest absolute Gasteiger partial charge is 0.413 e. The fourth-order valence-corrected chi connectivity index (χ4v) is 3.25. The third-order valence-electron chi connectivity index (χ3n) is 4.82. The Labute approximate surface area is 195 Å². The van der Waals surface area contributed by atoms with Crippen molar-refractivity contribution in [1.82, 2.24) is 20.2 Å². The predicted molar refractivity (Wildman–Crippen MR) is 112 cm³/mol. The summed E-state index contributed by atoms with van der Waals surface area (Å²) in [7, 11) is 1.19. The number of carbonyl (C=O) groups is 3. The summed E-state index contributed by atoms with van der Waals surface area (Å²) in [4.78, 5) is 46.5. The van der Waals surface area contributed by atoms with Crippen LogP contribution in [0.1, 0.15) is 79.5 Å². The van der Waals surface area contributed by atoms with Crippen molar-refractivity contribution in [3.05, 3.63) is 35.7 Å². The third kappa shape index (κ3) is 5.37. The first-order chi connectivity index (χ1) is 15.9. The van der Waals surface area contributed by atoms with Gasteiger partial charge in [0.25, 0.3) is 5.91 Å². The Morgan fingerprint density at radius 3 is 2.53 bits per heavy atom. The van der Waals surface area contributed by atoms with Crippen LogP contribution in [0.25, 0.3) is 0 Å². The van der Waals surface area contributed by atoms with E-state index < -0.39 is 48.0 Å². The zero-order valence-electron chi connectivity index (χ0n) is 19.8. The zero-order chi connectivity index (χ0) is 25.3. The van der Waals surface area contributed by atoms with Gasteiger partial charge in [-0.2, -0.15) is 0 Å². The lowest BCUT2D eigenvalue weighted by Gasteiger charge is -2.34. The van der Waals surface area contributed by atoms with E-state index in [4.69, 9.17) is 18.3 Å². The van der Waals surface area contributed by atoms with Crippen molar-refractivity contribution < 1.29 is 42.5 Å². The van der Waals surface area contributed by atoms with Crippen molar-refractivity contribution in [2.75, 3.05) is 20.3 Å². The molecule has 34 heavy (non-hydrogen) atoms. The summed E-state index contributed by atoms with van der Waals surface area (Å²) in [6, 6.07) is -1.78. The van der Waals surface area contributed by atoms with Crippen LogP contribution >= 0.6 is 0 Å². The number of carbonyl (C=O) groups excluding carboxylic acids is 3. The average molecular weight is 480 g/mol. The molecule has 2 aromatic rings. The first-order valence-corrected chi connectivity index (χ1v) is 10.4. The summed E-state index contributed by atoms with van der Waals surface area (Å²) in [6.07, 6.45) is 1.56. The molecule has 2 N–H and O–H groups in total. The Hall–Kier alpha value is -3.45. The normalized spacial score (nSPS) is 18.4. The molecule has 1 aliphatic rings. The van der Waals surface area contributed by atoms with Gasteiger partial charge in [-0.3, -0.25) is 9.69 Å². The van der Waals surface area contributed by atoms with Crippen LogP contribution in [0, 0.1) is 0 Å². The lowest BCUT2D eigenvalue weighted by molar-refractivity contribution is -0.0634. The Bertz CT molecular complexity index is 1050. The minimum Gasteiger partial charge on any atom is -0.464 e. The highest BCUT2D eigenvalue weighted by atomic mass is 16.6. The fraction of sp³-hybridized carbons (Fsp3) is 0.571. The van der Waals surface area contributed by atoms with Crippen LogP contribution in [0.5, 0.6) is 0 Å². The minimum absolute atomic E-state index is 0.0752. The number of oxazole rings is 2. The van der Waals surface area contributed by atoms with Gasteiger partial charge in [0.15, 0.2) is 11.4 Å². The molecule has 3 rings (SSSR count). The molecule has 0 unspecified atom stereocenters. The third-order valence-corrected chi connectivity index (χ3v) is 4.82. The number of nitrogens with one attached hydrogen (secondary N) is 1. The Morgan fingerprint density at radius 2 is 1.91 bits per heavy atom. The Balaban J connectivity index is 1.75. The predicted octanol–water partition coefficient (Wildman–Crippen LogP) is 1.96. The monoisotopic (exact) mass is 480 g/mol. The molecule has 1 aliphatic heterocycles. The second-order valence-electron chi connectivity index (χ2n) is 8.97. The Kier molecular flexibility index (Phi) is 6.98. The SMILES string of the molecule is COC(=O)c1coc([C@H](CO)NC(=O)c2coc([C@@H]3COC(C)(C)N3C(=O)OC(C)(C)C)n2)n1. The molecule has 1 fully saturated rings. The van der Waals surface area contributed by atoms with Gasteiger partial charge >= 0.3 is 12.1 Å². The van der Waals surface area contributed by atoms with Gasteiger partial charge in [-0.25, -0.2) is 19.6 Å². The fourth-order valence-electron chi connectivity index (χ4n) is 3.25. The molecule has 0 spiro atoms. The molecule has 2 amide bonds. The molecule has 0 saturated carbocycles. The molecular weight excluding hydrogens is 452 g/mol. The van der Waals surface area contributed by atoms with Gasteiger partial charge in [-0.15, -0.1) is 0 Å². The molecule has 13 nitrogen and oxygen atoms in total. The van der Waals surface area contributed by atoms with E-state index in [0.29, 0.717) is 0 Å². The van der Waals surface area contributed by atoms with Gasteiger partial charge in [-0.05, 0) is 34.6 Å². The molecule has 2 aromatic heterocycles. The van der Waals surface area contributed by atoms with E-state index in [1.807, 2.05) is 0 Å². The van der Waals surface area contributed by atoms with E-state index in [2.05, 4.69) is 20.0 Å². The topological polar surface area (TPSA) is 166 Å². The van der Waals surface area contributed by atoms with E-state index in [9.17, 15) is 19.5 Å². The van der Waals surface area contributed by atoms with Crippen LogP contribution in [0.15, 0.2) is 21.4 Å². The van der Waals surface area contributed by atoms with Crippen LogP contribution < -0.4 is 5.32 Å². The lowest BCUT2D eigenvalue weighted by Crippen LogP contribution is -2.47. The molecule has 1 saturated heterocycles.